The van der Waals surface area contributed by atoms with Gasteiger partial charge >= 0.3 is 0 Å². The van der Waals surface area contributed by atoms with Crippen molar-refractivity contribution in [2.45, 2.75) is 11.3 Å². The minimum Gasteiger partial charge on any atom is -0.0622 e. The molecule has 0 fully saturated rings. The highest BCUT2D eigenvalue weighted by Crippen LogP contribution is 2.60. The lowest BCUT2D eigenvalue weighted by Gasteiger charge is -2.50. The Labute approximate surface area is 160 Å². The van der Waals surface area contributed by atoms with E-state index < -0.39 is 0 Å². The summed E-state index contributed by atoms with van der Waals surface area (Å²) in [6.07, 6.45) is 2.47. The summed E-state index contributed by atoms with van der Waals surface area (Å²) in [5.41, 5.74) is 9.65. The summed E-state index contributed by atoms with van der Waals surface area (Å²) in [6, 6.07) is 37.8. The second-order valence-corrected chi connectivity index (χ2v) is 7.56. The van der Waals surface area contributed by atoms with Gasteiger partial charge in [0.25, 0.3) is 0 Å². The third-order valence-electron chi connectivity index (χ3n) is 6.27. The van der Waals surface area contributed by atoms with E-state index in [9.17, 15) is 0 Å². The van der Waals surface area contributed by atoms with Crippen molar-refractivity contribution >= 4 is 0 Å². The van der Waals surface area contributed by atoms with Crippen molar-refractivity contribution in [3.63, 3.8) is 0 Å². The molecule has 0 saturated heterocycles. The monoisotopic (exact) mass is 343 g/mol. The van der Waals surface area contributed by atoms with Gasteiger partial charge in [0.15, 0.2) is 0 Å². The van der Waals surface area contributed by atoms with Gasteiger partial charge in [-0.1, -0.05) is 103 Å². The Balaban J connectivity index is 1.75. The van der Waals surface area contributed by atoms with Crippen molar-refractivity contribution in [3.05, 3.63) is 148 Å². The predicted octanol–water partition coefficient (Wildman–Crippen LogP) is 6.08. The Hall–Kier alpha value is -3.12. The predicted molar refractivity (Wildman–Crippen MR) is 110 cm³/mol. The Morgan fingerprint density at radius 3 is 1.37 bits per heavy atom. The molecule has 3 aliphatic rings. The van der Waals surface area contributed by atoms with Gasteiger partial charge in [-0.05, 0) is 38.9 Å². The molecule has 3 aliphatic carbocycles. The number of hydrogen-bond donors (Lipinski definition) is 0. The van der Waals surface area contributed by atoms with Crippen molar-refractivity contribution in [2.24, 2.45) is 0 Å². The molecule has 127 valence electrons. The molecule has 1 radical (unpaired) electrons. The van der Waals surface area contributed by atoms with Gasteiger partial charge in [-0.25, -0.2) is 0 Å². The highest BCUT2D eigenvalue weighted by molar-refractivity contribution is 5.74. The van der Waals surface area contributed by atoms with Crippen LogP contribution >= 0.6 is 0 Å². The summed E-state index contributed by atoms with van der Waals surface area (Å²) in [6.45, 7) is 0. The summed E-state index contributed by atoms with van der Waals surface area (Å²) in [7, 11) is 0. The van der Waals surface area contributed by atoms with Crippen LogP contribution in [0.5, 0.6) is 0 Å². The maximum atomic E-state index is 2.47. The maximum Gasteiger partial charge on any atom is 0.0535 e. The average molecular weight is 343 g/mol. The lowest BCUT2D eigenvalue weighted by molar-refractivity contribution is 0.620. The first-order valence-corrected chi connectivity index (χ1v) is 9.59. The van der Waals surface area contributed by atoms with E-state index in [1.165, 1.54) is 38.9 Å². The van der Waals surface area contributed by atoms with Gasteiger partial charge in [0.2, 0.25) is 0 Å². The molecule has 0 heteroatoms. The van der Waals surface area contributed by atoms with Crippen LogP contribution in [0.3, 0.4) is 0 Å². The van der Waals surface area contributed by atoms with Crippen LogP contribution in [-0.2, 0) is 5.41 Å². The summed E-state index contributed by atoms with van der Waals surface area (Å²) in [4.78, 5) is 0. The molecule has 2 bridgehead atoms. The van der Waals surface area contributed by atoms with Crippen LogP contribution in [0.1, 0.15) is 44.9 Å². The van der Waals surface area contributed by atoms with E-state index in [0.717, 1.165) is 0 Å². The molecule has 7 rings (SSSR count). The van der Waals surface area contributed by atoms with Crippen LogP contribution in [0, 0.1) is 6.42 Å². The van der Waals surface area contributed by atoms with Gasteiger partial charge in [-0.15, -0.1) is 0 Å². The molecule has 0 atom stereocenters. The first kappa shape index (κ1) is 15.0. The first-order chi connectivity index (χ1) is 13.4. The molecule has 0 saturated carbocycles. The zero-order valence-electron chi connectivity index (χ0n) is 15.0. The van der Waals surface area contributed by atoms with Crippen LogP contribution in [0.15, 0.2) is 103 Å². The fraction of sp³-hybridized carbons (Fsp3) is 0.0741. The third kappa shape index (κ3) is 1.88. The SMILES string of the molecule is [CH](c1ccccc1)C12c3ccccc3C(c3ccccc31)c1ccccc12. The Kier molecular flexibility index (Phi) is 3.02. The Morgan fingerprint density at radius 2 is 0.889 bits per heavy atom. The zero-order chi connectivity index (χ0) is 17.8. The highest BCUT2D eigenvalue weighted by Gasteiger charge is 2.51. The minimum atomic E-state index is -0.236. The number of hydrogen-bond acceptors (Lipinski definition) is 0. The standard InChI is InChI=1S/C27H19/c1-2-10-19(11-3-1)18-27-23-15-7-4-12-20(23)26(21-13-5-8-16-24(21)27)22-14-6-9-17-25(22)27/h1-18,26H. The van der Waals surface area contributed by atoms with Crippen molar-refractivity contribution in [2.75, 3.05) is 0 Å². The van der Waals surface area contributed by atoms with Crippen LogP contribution in [0.4, 0.5) is 0 Å². The van der Waals surface area contributed by atoms with Crippen LogP contribution in [0.2, 0.25) is 0 Å². The van der Waals surface area contributed by atoms with Crippen molar-refractivity contribution in [1.29, 1.82) is 0 Å². The highest BCUT2D eigenvalue weighted by atomic mass is 14.5. The van der Waals surface area contributed by atoms with Crippen molar-refractivity contribution < 1.29 is 0 Å². The van der Waals surface area contributed by atoms with Crippen LogP contribution < -0.4 is 0 Å². The minimum absolute atomic E-state index is 0.236. The molecule has 0 heterocycles. The molecule has 0 spiro atoms. The average Bonchev–Trinajstić information content (AvgIpc) is 2.75. The van der Waals surface area contributed by atoms with Crippen molar-refractivity contribution in [3.8, 4) is 0 Å². The smallest absolute Gasteiger partial charge is 0.0535 e. The molecular weight excluding hydrogens is 324 g/mol. The van der Waals surface area contributed by atoms with Gasteiger partial charge in [0, 0.05) is 12.3 Å². The van der Waals surface area contributed by atoms with Gasteiger partial charge in [0.1, 0.15) is 0 Å². The van der Waals surface area contributed by atoms with Crippen molar-refractivity contribution in [1.82, 2.24) is 0 Å². The maximum absolute atomic E-state index is 2.47. The van der Waals surface area contributed by atoms with Gasteiger partial charge < -0.3 is 0 Å². The van der Waals surface area contributed by atoms with E-state index in [0.29, 0.717) is 5.92 Å². The largest absolute Gasteiger partial charge is 0.0622 e. The van der Waals surface area contributed by atoms with E-state index in [-0.39, 0.29) is 5.41 Å². The second-order valence-electron chi connectivity index (χ2n) is 7.56. The molecule has 4 aromatic rings. The molecule has 0 aliphatic heterocycles. The van der Waals surface area contributed by atoms with E-state index in [4.69, 9.17) is 0 Å². The van der Waals surface area contributed by atoms with Gasteiger partial charge in [-0.3, -0.25) is 0 Å². The molecule has 27 heavy (non-hydrogen) atoms. The summed E-state index contributed by atoms with van der Waals surface area (Å²) in [5.74, 6) is 0.333. The fourth-order valence-corrected chi connectivity index (χ4v) is 5.29. The quantitative estimate of drug-likeness (QED) is 0.414. The third-order valence-corrected chi connectivity index (χ3v) is 6.27. The van der Waals surface area contributed by atoms with Crippen LogP contribution in [-0.4, -0.2) is 0 Å². The molecule has 0 unspecified atom stereocenters. The van der Waals surface area contributed by atoms with E-state index in [1.807, 2.05) is 0 Å². The van der Waals surface area contributed by atoms with Gasteiger partial charge in [0.05, 0.1) is 5.41 Å². The van der Waals surface area contributed by atoms with E-state index in [2.05, 4.69) is 110 Å². The lowest BCUT2D eigenvalue weighted by Crippen LogP contribution is -2.42. The molecule has 0 amide bonds. The zero-order valence-corrected chi connectivity index (χ0v) is 15.0. The summed E-state index contributed by atoms with van der Waals surface area (Å²) in [5, 5.41) is 0. The van der Waals surface area contributed by atoms with E-state index >= 15 is 0 Å². The Bertz CT molecular complexity index is 1040. The van der Waals surface area contributed by atoms with E-state index in [1.54, 1.807) is 0 Å². The number of rotatable bonds is 2. The Morgan fingerprint density at radius 1 is 0.481 bits per heavy atom. The summed E-state index contributed by atoms with van der Waals surface area (Å²) >= 11 is 0. The van der Waals surface area contributed by atoms with Crippen LogP contribution in [0.25, 0.3) is 0 Å². The molecular formula is C27H19. The molecule has 4 aromatic carbocycles. The summed E-state index contributed by atoms with van der Waals surface area (Å²) < 4.78 is 0. The second kappa shape index (κ2) is 5.44. The molecule has 0 nitrogen and oxygen atoms in total. The van der Waals surface area contributed by atoms with Gasteiger partial charge in [-0.2, -0.15) is 0 Å². The molecule has 0 N–H and O–H groups in total. The number of benzene rings is 4. The topological polar surface area (TPSA) is 0 Å². The lowest BCUT2D eigenvalue weighted by atomic mass is 9.51. The first-order valence-electron chi connectivity index (χ1n) is 9.59. The fourth-order valence-electron chi connectivity index (χ4n) is 5.29. The molecule has 0 aromatic heterocycles. The normalized spacial score (nSPS) is 21.3.